The molecule has 0 amide bonds. The number of Topliss-reactive ketones (excluding diaryl/α,β-unsaturated/α-hetero) is 1. The smallest absolute Gasteiger partial charge is 0.203 e. The number of aromatic nitrogens is 1. The zero-order chi connectivity index (χ0) is 20.3. The number of carbonyl (C=O) groups is 1. The molecule has 3 aromatic rings. The van der Waals surface area contributed by atoms with Gasteiger partial charge >= 0.3 is 0 Å². The highest BCUT2D eigenvalue weighted by Gasteiger charge is 2.18. The minimum atomic E-state index is -0.123. The van der Waals surface area contributed by atoms with Gasteiger partial charge in [-0.2, -0.15) is 0 Å². The first-order valence-corrected chi connectivity index (χ1v) is 8.70. The number of carbonyl (C=O) groups excluding carboxylic acids is 1. The fourth-order valence-corrected chi connectivity index (χ4v) is 3.11. The van der Waals surface area contributed by atoms with Gasteiger partial charge in [0, 0.05) is 34.3 Å². The van der Waals surface area contributed by atoms with E-state index in [1.54, 1.807) is 26.2 Å². The standard InChI is InChI=1S/C22H23NO5/c1-13(8-15-12-23-18-11-16(25-2)6-7-17(15)18)21(24)14-9-19(26-3)22(28-5)20(10-14)27-4/h6-12,23H,1-5H3/b13-8+. The van der Waals surface area contributed by atoms with Gasteiger partial charge in [-0.15, -0.1) is 0 Å². The van der Waals surface area contributed by atoms with Crippen molar-refractivity contribution in [1.82, 2.24) is 4.98 Å². The molecule has 1 aromatic heterocycles. The van der Waals surface area contributed by atoms with Gasteiger partial charge in [-0.05, 0) is 42.8 Å². The van der Waals surface area contributed by atoms with E-state index in [0.29, 0.717) is 28.4 Å². The quantitative estimate of drug-likeness (QED) is 0.482. The Morgan fingerprint density at radius 1 is 0.929 bits per heavy atom. The maximum absolute atomic E-state index is 13.0. The van der Waals surface area contributed by atoms with Crippen LogP contribution in [0.3, 0.4) is 0 Å². The van der Waals surface area contributed by atoms with Crippen LogP contribution in [0.4, 0.5) is 0 Å². The minimum Gasteiger partial charge on any atom is -0.497 e. The number of nitrogens with one attached hydrogen (secondary N) is 1. The highest BCUT2D eigenvalue weighted by Crippen LogP contribution is 2.38. The molecule has 0 aliphatic heterocycles. The summed E-state index contributed by atoms with van der Waals surface area (Å²) < 4.78 is 21.2. The molecule has 6 heteroatoms. The summed E-state index contributed by atoms with van der Waals surface area (Å²) in [6.45, 7) is 1.79. The normalized spacial score (nSPS) is 11.4. The molecule has 0 unspecified atom stereocenters. The Labute approximate surface area is 163 Å². The second-order valence-electron chi connectivity index (χ2n) is 6.23. The van der Waals surface area contributed by atoms with Gasteiger partial charge in [0.2, 0.25) is 5.75 Å². The molecule has 0 atom stereocenters. The van der Waals surface area contributed by atoms with Crippen LogP contribution in [0.15, 0.2) is 42.1 Å². The number of H-pyrrole nitrogens is 1. The summed E-state index contributed by atoms with van der Waals surface area (Å²) in [5.41, 5.74) is 2.92. The molecular weight excluding hydrogens is 358 g/mol. The van der Waals surface area contributed by atoms with Gasteiger partial charge in [-0.3, -0.25) is 4.79 Å². The molecule has 0 saturated carbocycles. The molecule has 146 valence electrons. The molecule has 28 heavy (non-hydrogen) atoms. The topological polar surface area (TPSA) is 69.8 Å². The lowest BCUT2D eigenvalue weighted by molar-refractivity contribution is 0.103. The van der Waals surface area contributed by atoms with E-state index in [1.165, 1.54) is 21.3 Å². The summed E-state index contributed by atoms with van der Waals surface area (Å²) in [4.78, 5) is 16.2. The molecular formula is C22H23NO5. The van der Waals surface area contributed by atoms with E-state index in [0.717, 1.165) is 22.2 Å². The van der Waals surface area contributed by atoms with E-state index in [1.807, 2.05) is 30.5 Å². The van der Waals surface area contributed by atoms with Crippen LogP contribution in [0.1, 0.15) is 22.8 Å². The van der Waals surface area contributed by atoms with Crippen molar-refractivity contribution < 1.29 is 23.7 Å². The van der Waals surface area contributed by atoms with Crippen LogP contribution in [0.25, 0.3) is 17.0 Å². The first-order chi connectivity index (χ1) is 13.5. The Morgan fingerprint density at radius 3 is 2.18 bits per heavy atom. The fourth-order valence-electron chi connectivity index (χ4n) is 3.11. The van der Waals surface area contributed by atoms with Crippen molar-refractivity contribution in [3.8, 4) is 23.0 Å². The minimum absolute atomic E-state index is 0.123. The Kier molecular flexibility index (Phi) is 5.59. The van der Waals surface area contributed by atoms with Crippen LogP contribution < -0.4 is 18.9 Å². The number of benzene rings is 2. The van der Waals surface area contributed by atoms with Crippen LogP contribution in [-0.4, -0.2) is 39.2 Å². The summed E-state index contributed by atoms with van der Waals surface area (Å²) in [5.74, 6) is 1.99. The number of allylic oxidation sites excluding steroid dienone is 1. The lowest BCUT2D eigenvalue weighted by Gasteiger charge is -2.13. The van der Waals surface area contributed by atoms with E-state index < -0.39 is 0 Å². The zero-order valence-electron chi connectivity index (χ0n) is 16.6. The molecule has 2 aromatic carbocycles. The molecule has 0 aliphatic rings. The largest absolute Gasteiger partial charge is 0.497 e. The van der Waals surface area contributed by atoms with E-state index in [9.17, 15) is 4.79 Å². The summed E-state index contributed by atoms with van der Waals surface area (Å²) in [6, 6.07) is 9.09. The second kappa shape index (κ2) is 8.08. The van der Waals surface area contributed by atoms with Gasteiger partial charge in [0.15, 0.2) is 17.3 Å². The van der Waals surface area contributed by atoms with Crippen LogP contribution in [0, 0.1) is 0 Å². The molecule has 0 radical (unpaired) electrons. The molecule has 1 heterocycles. The molecule has 0 aliphatic carbocycles. The van der Waals surface area contributed by atoms with Crippen molar-refractivity contribution in [1.29, 1.82) is 0 Å². The maximum Gasteiger partial charge on any atom is 0.203 e. The van der Waals surface area contributed by atoms with Gasteiger partial charge in [-0.25, -0.2) is 0 Å². The summed E-state index contributed by atoms with van der Waals surface area (Å²) >= 11 is 0. The Hall–Kier alpha value is -3.41. The predicted molar refractivity (Wildman–Crippen MR) is 109 cm³/mol. The van der Waals surface area contributed by atoms with E-state index in [-0.39, 0.29) is 5.78 Å². The Morgan fingerprint density at radius 2 is 1.61 bits per heavy atom. The number of aromatic amines is 1. The van der Waals surface area contributed by atoms with Gasteiger partial charge in [0.05, 0.1) is 28.4 Å². The van der Waals surface area contributed by atoms with E-state index in [4.69, 9.17) is 18.9 Å². The second-order valence-corrected chi connectivity index (χ2v) is 6.23. The molecule has 0 saturated heterocycles. The fraction of sp³-hybridized carbons (Fsp3) is 0.227. The average molecular weight is 381 g/mol. The van der Waals surface area contributed by atoms with Crippen LogP contribution in [0.5, 0.6) is 23.0 Å². The van der Waals surface area contributed by atoms with Gasteiger partial charge < -0.3 is 23.9 Å². The van der Waals surface area contributed by atoms with Crippen molar-refractivity contribution in [2.24, 2.45) is 0 Å². The van der Waals surface area contributed by atoms with Crippen molar-refractivity contribution in [2.75, 3.05) is 28.4 Å². The third-order valence-corrected chi connectivity index (χ3v) is 4.58. The molecule has 3 rings (SSSR count). The third kappa shape index (κ3) is 3.53. The summed E-state index contributed by atoms with van der Waals surface area (Å²) in [5, 5.41) is 1.01. The first-order valence-electron chi connectivity index (χ1n) is 8.70. The Bertz CT molecular complexity index is 1020. The average Bonchev–Trinajstić information content (AvgIpc) is 3.13. The number of methoxy groups -OCH3 is 4. The van der Waals surface area contributed by atoms with E-state index >= 15 is 0 Å². The number of hydrogen-bond donors (Lipinski definition) is 1. The van der Waals surface area contributed by atoms with Gasteiger partial charge in [0.1, 0.15) is 5.75 Å². The number of ketones is 1. The lowest BCUT2D eigenvalue weighted by Crippen LogP contribution is -2.03. The number of ether oxygens (including phenoxy) is 4. The van der Waals surface area contributed by atoms with Crippen LogP contribution in [0.2, 0.25) is 0 Å². The highest BCUT2D eigenvalue weighted by molar-refractivity contribution is 6.12. The maximum atomic E-state index is 13.0. The van der Waals surface area contributed by atoms with E-state index in [2.05, 4.69) is 4.98 Å². The van der Waals surface area contributed by atoms with Crippen molar-refractivity contribution in [3.05, 3.63) is 53.2 Å². The van der Waals surface area contributed by atoms with Crippen molar-refractivity contribution in [2.45, 2.75) is 6.92 Å². The zero-order valence-corrected chi connectivity index (χ0v) is 16.6. The molecule has 0 fully saturated rings. The predicted octanol–water partition coefficient (Wildman–Crippen LogP) is 4.49. The SMILES string of the molecule is COc1ccc2c(/C=C(\C)C(=O)c3cc(OC)c(OC)c(OC)c3)c[nH]c2c1. The van der Waals surface area contributed by atoms with Crippen molar-refractivity contribution in [3.63, 3.8) is 0 Å². The van der Waals surface area contributed by atoms with Crippen molar-refractivity contribution >= 4 is 22.8 Å². The number of rotatable bonds is 7. The summed E-state index contributed by atoms with van der Waals surface area (Å²) in [7, 11) is 6.20. The van der Waals surface area contributed by atoms with Crippen LogP contribution in [-0.2, 0) is 0 Å². The van der Waals surface area contributed by atoms with Crippen LogP contribution >= 0.6 is 0 Å². The third-order valence-electron chi connectivity index (χ3n) is 4.58. The van der Waals surface area contributed by atoms with Gasteiger partial charge in [0.25, 0.3) is 0 Å². The number of hydrogen-bond acceptors (Lipinski definition) is 5. The highest BCUT2D eigenvalue weighted by atomic mass is 16.5. The summed E-state index contributed by atoms with van der Waals surface area (Å²) in [6.07, 6.45) is 3.73. The monoisotopic (exact) mass is 381 g/mol. The first kappa shape index (κ1) is 19.4. The molecule has 0 bridgehead atoms. The molecule has 0 spiro atoms. The Balaban J connectivity index is 1.99. The molecule has 1 N–H and O–H groups in total. The number of fused-ring (bicyclic) bond motifs is 1. The molecule has 6 nitrogen and oxygen atoms in total. The lowest BCUT2D eigenvalue weighted by atomic mass is 10.0. The van der Waals surface area contributed by atoms with Gasteiger partial charge in [-0.1, -0.05) is 0 Å².